The van der Waals surface area contributed by atoms with Crippen molar-refractivity contribution in [3.8, 4) is 0 Å². The largest absolute Gasteiger partial charge is 0.374 e. The molecule has 0 amide bonds. The first-order chi connectivity index (χ1) is 22.2. The molecule has 45 heavy (non-hydrogen) atoms. The summed E-state index contributed by atoms with van der Waals surface area (Å²) in [4.78, 5) is 5.95. The van der Waals surface area contributed by atoms with E-state index in [9.17, 15) is 0 Å². The normalized spacial score (nSPS) is 21.8. The molecule has 0 radical (unpaired) electrons. The van der Waals surface area contributed by atoms with E-state index in [1.165, 1.54) is 0 Å². The molecule has 236 valence electrons. The Morgan fingerprint density at radius 1 is 0.622 bits per heavy atom. The number of rotatable bonds is 16. The van der Waals surface area contributed by atoms with Crippen molar-refractivity contribution in [2.45, 2.75) is 56.9 Å². The van der Waals surface area contributed by atoms with E-state index in [4.69, 9.17) is 28.5 Å². The first-order valence-corrected chi connectivity index (χ1v) is 15.8. The lowest BCUT2D eigenvalue weighted by Crippen LogP contribution is -2.54. The van der Waals surface area contributed by atoms with Gasteiger partial charge in [0.2, 0.25) is 0 Å². The smallest absolute Gasteiger partial charge is 0.115 e. The fraction of sp³-hybridized carbons (Fsp3) is 0.368. The molecule has 0 bridgehead atoms. The zero-order chi connectivity index (χ0) is 30.7. The number of fused-ring (bicyclic) bond motifs is 1. The monoisotopic (exact) mass is 609 g/mol. The van der Waals surface area contributed by atoms with Gasteiger partial charge in [-0.05, 0) is 22.3 Å². The van der Waals surface area contributed by atoms with Crippen molar-refractivity contribution in [2.24, 2.45) is 5.92 Å². The molecular weight excluding hydrogens is 566 g/mol. The summed E-state index contributed by atoms with van der Waals surface area (Å²) < 4.78 is 33.3. The molecule has 2 fully saturated rings. The van der Waals surface area contributed by atoms with Crippen LogP contribution in [-0.4, -0.2) is 62.4 Å². The number of ether oxygens (including phenoxy) is 5. The van der Waals surface area contributed by atoms with E-state index in [2.05, 4.69) is 48.5 Å². The molecule has 0 unspecified atom stereocenters. The summed E-state index contributed by atoms with van der Waals surface area (Å²) in [5, 5.41) is 1.93. The molecule has 2 heterocycles. The molecule has 2 saturated heterocycles. The first kappa shape index (κ1) is 31.6. The standard InChI is InChI=1S/C38H43NO6/c1-39-35-33(27-45-39)26-44-37(35)38(43-25-32-20-12-5-13-21-32)36(42-24-31-18-10-4-11-19-31)34(41-23-30-16-8-3-9-17-30)28-40-22-29-14-6-2-7-15-29/h2-21,33-38H,22-28H2,1H3/t33-,34-,35+,36-,37+,38+/m1/s1. The van der Waals surface area contributed by atoms with Crippen LogP contribution in [-0.2, 0) is 54.9 Å². The van der Waals surface area contributed by atoms with Crippen LogP contribution in [0.25, 0.3) is 0 Å². The Kier molecular flexibility index (Phi) is 11.4. The van der Waals surface area contributed by atoms with Crippen molar-refractivity contribution < 1.29 is 28.5 Å². The van der Waals surface area contributed by atoms with Gasteiger partial charge in [0.1, 0.15) is 24.4 Å². The van der Waals surface area contributed by atoms with Gasteiger partial charge in [0.25, 0.3) is 0 Å². The zero-order valence-corrected chi connectivity index (χ0v) is 25.9. The molecule has 7 heteroatoms. The Morgan fingerprint density at radius 3 is 1.67 bits per heavy atom. The van der Waals surface area contributed by atoms with Crippen molar-refractivity contribution >= 4 is 0 Å². The summed E-state index contributed by atoms with van der Waals surface area (Å²) in [6, 6.07) is 40.9. The van der Waals surface area contributed by atoms with Crippen molar-refractivity contribution in [1.29, 1.82) is 0 Å². The second-order valence-corrected chi connectivity index (χ2v) is 11.7. The zero-order valence-electron chi connectivity index (χ0n) is 25.9. The lowest BCUT2D eigenvalue weighted by molar-refractivity contribution is -0.211. The summed E-state index contributed by atoms with van der Waals surface area (Å²) in [7, 11) is 1.98. The van der Waals surface area contributed by atoms with Crippen LogP contribution in [0.4, 0.5) is 0 Å². The molecule has 0 saturated carbocycles. The minimum absolute atomic E-state index is 0.0357. The van der Waals surface area contributed by atoms with Crippen molar-refractivity contribution in [3.05, 3.63) is 144 Å². The highest BCUT2D eigenvalue weighted by molar-refractivity contribution is 5.16. The van der Waals surface area contributed by atoms with Crippen molar-refractivity contribution in [1.82, 2.24) is 5.06 Å². The van der Waals surface area contributed by atoms with Gasteiger partial charge in [0.15, 0.2) is 0 Å². The van der Waals surface area contributed by atoms with Gasteiger partial charge in [-0.3, -0.25) is 4.84 Å². The molecule has 0 N–H and O–H groups in total. The summed E-state index contributed by atoms with van der Waals surface area (Å²) in [5.41, 5.74) is 4.33. The lowest BCUT2D eigenvalue weighted by atomic mass is 9.92. The molecule has 4 aromatic carbocycles. The summed E-state index contributed by atoms with van der Waals surface area (Å²) in [6.07, 6.45) is -1.71. The van der Waals surface area contributed by atoms with Crippen LogP contribution in [0, 0.1) is 5.92 Å². The maximum atomic E-state index is 6.86. The average molecular weight is 610 g/mol. The minimum atomic E-state index is -0.508. The van der Waals surface area contributed by atoms with Gasteiger partial charge in [-0.2, -0.15) is 5.06 Å². The fourth-order valence-electron chi connectivity index (χ4n) is 6.15. The Bertz CT molecular complexity index is 1390. The van der Waals surface area contributed by atoms with E-state index in [0.717, 1.165) is 22.3 Å². The molecule has 0 aliphatic carbocycles. The number of hydroxylamine groups is 2. The van der Waals surface area contributed by atoms with Crippen LogP contribution in [0.15, 0.2) is 121 Å². The Hall–Kier alpha value is -3.40. The van der Waals surface area contributed by atoms with Crippen LogP contribution in [0.5, 0.6) is 0 Å². The second kappa shape index (κ2) is 16.2. The molecule has 6 rings (SSSR count). The van der Waals surface area contributed by atoms with Gasteiger partial charge in [-0.25, -0.2) is 0 Å². The number of nitrogens with zero attached hydrogens (tertiary/aromatic N) is 1. The Morgan fingerprint density at radius 2 is 1.11 bits per heavy atom. The average Bonchev–Trinajstić information content (AvgIpc) is 3.69. The van der Waals surface area contributed by atoms with Gasteiger partial charge >= 0.3 is 0 Å². The van der Waals surface area contributed by atoms with E-state index < -0.39 is 18.3 Å². The highest BCUT2D eigenvalue weighted by Gasteiger charge is 2.52. The summed E-state index contributed by atoms with van der Waals surface area (Å²) in [6.45, 7) is 3.25. The molecule has 4 aromatic rings. The van der Waals surface area contributed by atoms with Crippen LogP contribution >= 0.6 is 0 Å². The number of likely N-dealkylation sites (N-methyl/N-ethyl adjacent to an activating group) is 1. The predicted octanol–water partition coefficient (Wildman–Crippen LogP) is 6.22. The number of hydrogen-bond acceptors (Lipinski definition) is 7. The van der Waals surface area contributed by atoms with E-state index >= 15 is 0 Å². The third-order valence-corrected chi connectivity index (χ3v) is 8.52. The second-order valence-electron chi connectivity index (χ2n) is 11.7. The Labute approximate surface area is 266 Å². The van der Waals surface area contributed by atoms with E-state index in [1.807, 2.05) is 84.9 Å². The molecule has 0 aromatic heterocycles. The fourth-order valence-corrected chi connectivity index (χ4v) is 6.15. The van der Waals surface area contributed by atoms with Crippen LogP contribution in [0.2, 0.25) is 0 Å². The quantitative estimate of drug-likeness (QED) is 0.150. The van der Waals surface area contributed by atoms with E-state index in [1.54, 1.807) is 0 Å². The third-order valence-electron chi connectivity index (χ3n) is 8.52. The number of hydrogen-bond donors (Lipinski definition) is 0. The van der Waals surface area contributed by atoms with E-state index in [0.29, 0.717) is 46.2 Å². The topological polar surface area (TPSA) is 58.6 Å². The summed E-state index contributed by atoms with van der Waals surface area (Å²) in [5.74, 6) is 0.260. The number of benzene rings is 4. The Balaban J connectivity index is 1.31. The van der Waals surface area contributed by atoms with Gasteiger partial charge in [0, 0.05) is 13.0 Å². The SMILES string of the molecule is CN1OC[C@H]2CO[C@H]([C@@H](OCc3ccccc3)[C@H](OCc3ccccc3)[C@@H](COCc3ccccc3)OCc3ccccc3)[C@H]21. The van der Waals surface area contributed by atoms with Crippen molar-refractivity contribution in [2.75, 3.05) is 26.9 Å². The molecule has 6 atom stereocenters. The predicted molar refractivity (Wildman–Crippen MR) is 172 cm³/mol. The van der Waals surface area contributed by atoms with Gasteiger partial charge in [-0.15, -0.1) is 0 Å². The molecule has 7 nitrogen and oxygen atoms in total. The third kappa shape index (κ3) is 8.66. The maximum absolute atomic E-state index is 6.86. The van der Waals surface area contributed by atoms with Gasteiger partial charge in [0.05, 0.1) is 52.3 Å². The molecule has 2 aliphatic rings. The first-order valence-electron chi connectivity index (χ1n) is 15.8. The lowest BCUT2D eigenvalue weighted by Gasteiger charge is -2.38. The maximum Gasteiger partial charge on any atom is 0.115 e. The van der Waals surface area contributed by atoms with Crippen LogP contribution in [0.3, 0.4) is 0 Å². The van der Waals surface area contributed by atoms with Gasteiger partial charge in [-0.1, -0.05) is 121 Å². The molecular formula is C38H43NO6. The minimum Gasteiger partial charge on any atom is -0.374 e. The highest BCUT2D eigenvalue weighted by atomic mass is 16.7. The van der Waals surface area contributed by atoms with Crippen molar-refractivity contribution in [3.63, 3.8) is 0 Å². The highest BCUT2D eigenvalue weighted by Crippen LogP contribution is 2.36. The van der Waals surface area contributed by atoms with Gasteiger partial charge < -0.3 is 23.7 Å². The van der Waals surface area contributed by atoms with Crippen LogP contribution < -0.4 is 0 Å². The van der Waals surface area contributed by atoms with E-state index in [-0.39, 0.29) is 18.1 Å². The summed E-state index contributed by atoms with van der Waals surface area (Å²) >= 11 is 0. The molecule has 2 aliphatic heterocycles. The van der Waals surface area contributed by atoms with Crippen LogP contribution in [0.1, 0.15) is 22.3 Å². The molecule has 0 spiro atoms.